The van der Waals surface area contributed by atoms with E-state index < -0.39 is 0 Å². The number of rotatable bonds is 5. The Labute approximate surface area is 160 Å². The van der Waals surface area contributed by atoms with Gasteiger partial charge in [-0.3, -0.25) is 0 Å². The molecule has 0 radical (unpaired) electrons. The zero-order chi connectivity index (χ0) is 18.5. The van der Waals surface area contributed by atoms with Gasteiger partial charge < -0.3 is 4.90 Å². The molecule has 0 saturated heterocycles. The Morgan fingerprint density at radius 1 is 0.593 bits per heavy atom. The molecule has 4 aromatic rings. The highest BCUT2D eigenvalue weighted by molar-refractivity contribution is 5.89. The van der Waals surface area contributed by atoms with Crippen LogP contribution in [0.1, 0.15) is 5.56 Å². The van der Waals surface area contributed by atoms with Crippen LogP contribution in [0.3, 0.4) is 0 Å². The molecular formula is C26H21N. The van der Waals surface area contributed by atoms with Crippen LogP contribution in [0, 0.1) is 0 Å². The second-order valence-electron chi connectivity index (χ2n) is 6.35. The van der Waals surface area contributed by atoms with Crippen molar-refractivity contribution in [3.8, 4) is 11.1 Å². The van der Waals surface area contributed by atoms with E-state index in [2.05, 4.69) is 102 Å². The second kappa shape index (κ2) is 7.76. The molecule has 0 heterocycles. The molecule has 0 saturated carbocycles. The lowest BCUT2D eigenvalue weighted by Crippen LogP contribution is -2.11. The Bertz CT molecular complexity index is 982. The summed E-state index contributed by atoms with van der Waals surface area (Å²) in [5.74, 6) is 0. The fraction of sp³-hybridized carbons (Fsp3) is 0. The summed E-state index contributed by atoms with van der Waals surface area (Å²) < 4.78 is 0. The number of nitrogens with zero attached hydrogens (tertiary/aromatic N) is 1. The van der Waals surface area contributed by atoms with Gasteiger partial charge in [-0.2, -0.15) is 0 Å². The summed E-state index contributed by atoms with van der Waals surface area (Å²) in [5.41, 5.74) is 6.87. The van der Waals surface area contributed by atoms with Crippen molar-refractivity contribution in [1.29, 1.82) is 0 Å². The van der Waals surface area contributed by atoms with E-state index in [4.69, 9.17) is 0 Å². The molecule has 0 amide bonds. The van der Waals surface area contributed by atoms with Gasteiger partial charge in [-0.15, -0.1) is 0 Å². The smallest absolute Gasteiger partial charge is 0.0545 e. The monoisotopic (exact) mass is 347 g/mol. The van der Waals surface area contributed by atoms with Crippen LogP contribution in [0.5, 0.6) is 0 Å². The van der Waals surface area contributed by atoms with E-state index in [-0.39, 0.29) is 0 Å². The van der Waals surface area contributed by atoms with Gasteiger partial charge in [0, 0.05) is 16.9 Å². The van der Waals surface area contributed by atoms with Crippen molar-refractivity contribution < 1.29 is 0 Å². The molecule has 0 bridgehead atoms. The van der Waals surface area contributed by atoms with Crippen LogP contribution in [0.15, 0.2) is 116 Å². The molecule has 130 valence electrons. The van der Waals surface area contributed by atoms with E-state index >= 15 is 0 Å². The van der Waals surface area contributed by atoms with Gasteiger partial charge in [-0.1, -0.05) is 91.5 Å². The maximum atomic E-state index is 3.96. The topological polar surface area (TPSA) is 3.24 Å². The first-order valence-corrected chi connectivity index (χ1v) is 9.09. The Morgan fingerprint density at radius 3 is 1.63 bits per heavy atom. The minimum atomic E-state index is 1.10. The van der Waals surface area contributed by atoms with Crippen LogP contribution in [0.2, 0.25) is 0 Å². The minimum Gasteiger partial charge on any atom is -0.310 e. The van der Waals surface area contributed by atoms with Crippen molar-refractivity contribution in [3.05, 3.63) is 121 Å². The Hall–Kier alpha value is -3.58. The van der Waals surface area contributed by atoms with Gasteiger partial charge in [-0.25, -0.2) is 0 Å². The number of hydrogen-bond donors (Lipinski definition) is 0. The van der Waals surface area contributed by atoms with E-state index in [9.17, 15) is 0 Å². The van der Waals surface area contributed by atoms with Crippen LogP contribution < -0.4 is 4.90 Å². The average Bonchev–Trinajstić information content (AvgIpc) is 2.76. The fourth-order valence-electron chi connectivity index (χ4n) is 3.30. The van der Waals surface area contributed by atoms with Crippen molar-refractivity contribution in [1.82, 2.24) is 0 Å². The molecule has 0 spiro atoms. The Kier molecular flexibility index (Phi) is 4.84. The third kappa shape index (κ3) is 3.54. The molecule has 0 N–H and O–H groups in total. The van der Waals surface area contributed by atoms with Crippen LogP contribution >= 0.6 is 0 Å². The highest BCUT2D eigenvalue weighted by Gasteiger charge is 2.17. The molecule has 0 atom stereocenters. The molecule has 1 nitrogen and oxygen atoms in total. The highest BCUT2D eigenvalue weighted by Crippen LogP contribution is 2.41. The zero-order valence-electron chi connectivity index (χ0n) is 15.1. The van der Waals surface area contributed by atoms with E-state index in [0.717, 1.165) is 22.6 Å². The molecule has 27 heavy (non-hydrogen) atoms. The predicted molar refractivity (Wildman–Crippen MR) is 117 cm³/mol. The Balaban J connectivity index is 1.98. The van der Waals surface area contributed by atoms with E-state index in [1.165, 1.54) is 11.1 Å². The van der Waals surface area contributed by atoms with Crippen LogP contribution in [0.4, 0.5) is 17.1 Å². The first-order valence-electron chi connectivity index (χ1n) is 9.09. The van der Waals surface area contributed by atoms with Crippen molar-refractivity contribution in [2.24, 2.45) is 0 Å². The first-order chi connectivity index (χ1) is 13.4. The number of hydrogen-bond acceptors (Lipinski definition) is 1. The molecule has 4 rings (SSSR count). The summed E-state index contributed by atoms with van der Waals surface area (Å²) in [6, 6.07) is 38.0. The third-order valence-corrected chi connectivity index (χ3v) is 4.61. The van der Waals surface area contributed by atoms with Gasteiger partial charge in [0.15, 0.2) is 0 Å². The predicted octanol–water partition coefficient (Wildman–Crippen LogP) is 7.47. The SMILES string of the molecule is C=Cc1ccc(-c2ccccc2)c(N(c2ccccc2)c2ccccc2)c1. The molecule has 1 heteroatoms. The maximum absolute atomic E-state index is 3.96. The largest absolute Gasteiger partial charge is 0.310 e. The zero-order valence-corrected chi connectivity index (χ0v) is 15.1. The Morgan fingerprint density at radius 2 is 1.11 bits per heavy atom. The lowest BCUT2D eigenvalue weighted by atomic mass is 9.99. The standard InChI is InChI=1S/C26H21N/c1-2-21-18-19-25(22-12-6-3-7-13-22)26(20-21)27(23-14-8-4-9-15-23)24-16-10-5-11-17-24/h2-20H,1H2. The van der Waals surface area contributed by atoms with Gasteiger partial charge in [-0.05, 0) is 41.5 Å². The van der Waals surface area contributed by atoms with Crippen LogP contribution in [0.25, 0.3) is 17.2 Å². The molecule has 0 aromatic heterocycles. The van der Waals surface area contributed by atoms with Crippen molar-refractivity contribution >= 4 is 23.1 Å². The minimum absolute atomic E-state index is 1.10. The fourth-order valence-corrected chi connectivity index (χ4v) is 3.30. The van der Waals surface area contributed by atoms with Crippen molar-refractivity contribution in [2.45, 2.75) is 0 Å². The molecule has 0 unspecified atom stereocenters. The highest BCUT2D eigenvalue weighted by atomic mass is 15.1. The van der Waals surface area contributed by atoms with Crippen LogP contribution in [-0.4, -0.2) is 0 Å². The summed E-state index contributed by atoms with van der Waals surface area (Å²) in [5, 5.41) is 0. The third-order valence-electron chi connectivity index (χ3n) is 4.61. The normalized spacial score (nSPS) is 10.4. The van der Waals surface area contributed by atoms with E-state index in [0.29, 0.717) is 0 Å². The molecule has 4 aromatic carbocycles. The first kappa shape index (κ1) is 16.9. The summed E-state index contributed by atoms with van der Waals surface area (Å²) in [7, 11) is 0. The molecular weight excluding hydrogens is 326 g/mol. The second-order valence-corrected chi connectivity index (χ2v) is 6.35. The molecule has 0 aliphatic carbocycles. The maximum Gasteiger partial charge on any atom is 0.0545 e. The van der Waals surface area contributed by atoms with Gasteiger partial charge in [0.2, 0.25) is 0 Å². The van der Waals surface area contributed by atoms with E-state index in [1.54, 1.807) is 0 Å². The van der Waals surface area contributed by atoms with Gasteiger partial charge in [0.05, 0.1) is 5.69 Å². The average molecular weight is 347 g/mol. The van der Waals surface area contributed by atoms with Gasteiger partial charge in [0.25, 0.3) is 0 Å². The van der Waals surface area contributed by atoms with E-state index in [1.807, 2.05) is 24.3 Å². The van der Waals surface area contributed by atoms with Gasteiger partial charge >= 0.3 is 0 Å². The summed E-state index contributed by atoms with van der Waals surface area (Å²) >= 11 is 0. The van der Waals surface area contributed by atoms with Crippen molar-refractivity contribution in [2.75, 3.05) is 4.90 Å². The molecule has 0 fully saturated rings. The number of para-hydroxylation sites is 2. The lowest BCUT2D eigenvalue weighted by Gasteiger charge is -2.28. The number of benzene rings is 4. The lowest BCUT2D eigenvalue weighted by molar-refractivity contribution is 1.28. The summed E-state index contributed by atoms with van der Waals surface area (Å²) in [6.07, 6.45) is 1.90. The van der Waals surface area contributed by atoms with Crippen molar-refractivity contribution in [3.63, 3.8) is 0 Å². The molecule has 0 aliphatic rings. The summed E-state index contributed by atoms with van der Waals surface area (Å²) in [6.45, 7) is 3.96. The summed E-state index contributed by atoms with van der Waals surface area (Å²) in [4.78, 5) is 2.30. The van der Waals surface area contributed by atoms with Crippen LogP contribution in [-0.2, 0) is 0 Å². The number of anilines is 3. The van der Waals surface area contributed by atoms with Gasteiger partial charge in [0.1, 0.15) is 0 Å². The quantitative estimate of drug-likeness (QED) is 0.362. The molecule has 0 aliphatic heterocycles.